The summed E-state index contributed by atoms with van der Waals surface area (Å²) in [6, 6.07) is 4.73. The highest BCUT2D eigenvalue weighted by Gasteiger charge is 2.35. The molecule has 1 saturated heterocycles. The molecule has 2 atom stereocenters. The van der Waals surface area contributed by atoms with Gasteiger partial charge in [-0.1, -0.05) is 6.92 Å². The fraction of sp³-hybridized carbons (Fsp3) is 0.556. The van der Waals surface area contributed by atoms with Gasteiger partial charge >= 0.3 is 5.97 Å². The Labute approximate surface area is 154 Å². The van der Waals surface area contributed by atoms with Crippen LogP contribution in [0, 0.1) is 5.92 Å². The Morgan fingerprint density at radius 3 is 2.27 bits per heavy atom. The van der Waals surface area contributed by atoms with Crippen LogP contribution in [-0.2, 0) is 14.8 Å². The number of hydrogen-bond donors (Lipinski definition) is 2. The van der Waals surface area contributed by atoms with Crippen molar-refractivity contribution >= 4 is 21.9 Å². The van der Waals surface area contributed by atoms with Crippen molar-refractivity contribution in [3.8, 4) is 0 Å². The molecular formula is C18H26N2O5S. The number of nitrogens with zero attached hydrogens (tertiary/aromatic N) is 1. The molecule has 0 aliphatic carbocycles. The summed E-state index contributed by atoms with van der Waals surface area (Å²) in [5.74, 6) is -1.16. The minimum absolute atomic E-state index is 0.0611. The van der Waals surface area contributed by atoms with Crippen molar-refractivity contribution in [3.05, 3.63) is 29.8 Å². The van der Waals surface area contributed by atoms with E-state index in [4.69, 9.17) is 0 Å². The van der Waals surface area contributed by atoms with Gasteiger partial charge in [0.25, 0.3) is 5.91 Å². The van der Waals surface area contributed by atoms with Crippen LogP contribution in [0.3, 0.4) is 0 Å². The summed E-state index contributed by atoms with van der Waals surface area (Å²) in [6.07, 6.45) is 1.17. The number of carbonyl (C=O) groups excluding carboxylic acids is 1. The molecule has 0 bridgehead atoms. The highest BCUT2D eigenvalue weighted by atomic mass is 32.2. The summed E-state index contributed by atoms with van der Waals surface area (Å²) >= 11 is 0. The summed E-state index contributed by atoms with van der Waals surface area (Å²) in [5, 5.41) is 9.40. The van der Waals surface area contributed by atoms with Gasteiger partial charge in [-0.05, 0) is 63.8 Å². The Kier molecular flexibility index (Phi) is 5.77. The SMILES string of the molecule is CC1CCN(C(=O)c2ccc(S(=O)(=O)NC(C)(C)C)cc2)C(C(=O)O)C1. The van der Waals surface area contributed by atoms with Gasteiger partial charge in [-0.3, -0.25) is 4.79 Å². The van der Waals surface area contributed by atoms with Crippen LogP contribution in [0.15, 0.2) is 29.2 Å². The van der Waals surface area contributed by atoms with Crippen LogP contribution < -0.4 is 4.72 Å². The quantitative estimate of drug-likeness (QED) is 0.830. The zero-order valence-corrected chi connectivity index (χ0v) is 16.3. The topological polar surface area (TPSA) is 104 Å². The van der Waals surface area contributed by atoms with Crippen molar-refractivity contribution in [2.24, 2.45) is 5.92 Å². The molecule has 2 rings (SSSR count). The number of nitrogens with one attached hydrogen (secondary N) is 1. The molecule has 0 aromatic heterocycles. The zero-order valence-electron chi connectivity index (χ0n) is 15.5. The van der Waals surface area contributed by atoms with E-state index in [1.54, 1.807) is 20.8 Å². The lowest BCUT2D eigenvalue weighted by Gasteiger charge is -2.36. The third-order valence-electron chi connectivity index (χ3n) is 4.26. The van der Waals surface area contributed by atoms with E-state index >= 15 is 0 Å². The van der Waals surface area contributed by atoms with Crippen molar-refractivity contribution in [2.45, 2.75) is 57.0 Å². The number of sulfonamides is 1. The number of carboxylic acid groups (broad SMARTS) is 1. The number of hydrogen-bond acceptors (Lipinski definition) is 4. The van der Waals surface area contributed by atoms with Gasteiger partial charge in [0.05, 0.1) is 4.90 Å². The summed E-state index contributed by atoms with van der Waals surface area (Å²) in [7, 11) is -3.69. The number of benzene rings is 1. The van der Waals surface area contributed by atoms with Gasteiger partial charge in [0, 0.05) is 17.6 Å². The first-order valence-electron chi connectivity index (χ1n) is 8.58. The second-order valence-corrected chi connectivity index (χ2v) is 9.54. The molecule has 26 heavy (non-hydrogen) atoms. The normalized spacial score (nSPS) is 21.5. The van der Waals surface area contributed by atoms with Crippen LogP contribution in [-0.4, -0.2) is 48.4 Å². The van der Waals surface area contributed by atoms with Crippen molar-refractivity contribution < 1.29 is 23.1 Å². The molecule has 1 fully saturated rings. The van der Waals surface area contributed by atoms with Gasteiger partial charge in [-0.25, -0.2) is 17.9 Å². The highest BCUT2D eigenvalue weighted by molar-refractivity contribution is 7.89. The minimum atomic E-state index is -3.69. The molecule has 7 nitrogen and oxygen atoms in total. The van der Waals surface area contributed by atoms with Crippen molar-refractivity contribution in [2.75, 3.05) is 6.54 Å². The molecule has 8 heteroatoms. The molecule has 1 aliphatic heterocycles. The zero-order chi connectivity index (χ0) is 19.7. The standard InChI is InChI=1S/C18H26N2O5S/c1-12-9-10-20(15(11-12)17(22)23)16(21)13-5-7-14(8-6-13)26(24,25)19-18(2,3)4/h5-8,12,15,19H,9-11H2,1-4H3,(H,22,23). The van der Waals surface area contributed by atoms with Crippen LogP contribution in [0.2, 0.25) is 0 Å². The maximum Gasteiger partial charge on any atom is 0.326 e. The first kappa shape index (κ1) is 20.4. The molecule has 1 amide bonds. The van der Waals surface area contributed by atoms with E-state index in [1.165, 1.54) is 29.2 Å². The number of carbonyl (C=O) groups is 2. The third kappa shape index (κ3) is 4.82. The van der Waals surface area contributed by atoms with Crippen LogP contribution in [0.25, 0.3) is 0 Å². The summed E-state index contributed by atoms with van der Waals surface area (Å²) in [5.41, 5.74) is -0.340. The van der Waals surface area contributed by atoms with Crippen LogP contribution in [0.5, 0.6) is 0 Å². The molecule has 0 radical (unpaired) electrons. The number of aliphatic carboxylic acids is 1. The lowest BCUT2D eigenvalue weighted by Crippen LogP contribution is -2.49. The van der Waals surface area contributed by atoms with E-state index in [-0.39, 0.29) is 16.4 Å². The molecule has 1 aromatic carbocycles. The molecule has 144 valence electrons. The number of rotatable bonds is 4. The van der Waals surface area contributed by atoms with Crippen molar-refractivity contribution in [3.63, 3.8) is 0 Å². The molecule has 2 N–H and O–H groups in total. The first-order chi connectivity index (χ1) is 11.9. The molecule has 1 heterocycles. The van der Waals surface area contributed by atoms with Crippen LogP contribution >= 0.6 is 0 Å². The van der Waals surface area contributed by atoms with Crippen molar-refractivity contribution in [1.29, 1.82) is 0 Å². The molecule has 1 aromatic rings. The van der Waals surface area contributed by atoms with E-state index < -0.39 is 33.5 Å². The first-order valence-corrected chi connectivity index (χ1v) is 10.1. The molecule has 2 unspecified atom stereocenters. The maximum absolute atomic E-state index is 12.7. The number of amides is 1. The smallest absolute Gasteiger partial charge is 0.326 e. The minimum Gasteiger partial charge on any atom is -0.480 e. The average Bonchev–Trinajstić information content (AvgIpc) is 2.52. The lowest BCUT2D eigenvalue weighted by atomic mass is 9.92. The fourth-order valence-electron chi connectivity index (χ4n) is 3.02. The van der Waals surface area contributed by atoms with E-state index in [9.17, 15) is 23.1 Å². The Bertz CT molecular complexity index is 781. The Hall–Kier alpha value is -1.93. The molecule has 0 spiro atoms. The largest absolute Gasteiger partial charge is 0.480 e. The number of likely N-dealkylation sites (tertiary alicyclic amines) is 1. The Morgan fingerprint density at radius 1 is 1.19 bits per heavy atom. The maximum atomic E-state index is 12.7. The molecular weight excluding hydrogens is 356 g/mol. The van der Waals surface area contributed by atoms with Crippen molar-refractivity contribution in [1.82, 2.24) is 9.62 Å². The predicted molar refractivity (Wildman–Crippen MR) is 97.4 cm³/mol. The Morgan fingerprint density at radius 2 is 1.77 bits per heavy atom. The second-order valence-electron chi connectivity index (χ2n) is 7.86. The van der Waals surface area contributed by atoms with E-state index in [0.29, 0.717) is 13.0 Å². The predicted octanol–water partition coefficient (Wildman–Crippen LogP) is 2.09. The molecule has 1 aliphatic rings. The summed E-state index contributed by atoms with van der Waals surface area (Å²) in [4.78, 5) is 25.6. The fourth-order valence-corrected chi connectivity index (χ4v) is 4.44. The van der Waals surface area contributed by atoms with Gasteiger partial charge in [-0.2, -0.15) is 0 Å². The van der Waals surface area contributed by atoms with Crippen LogP contribution in [0.1, 0.15) is 50.9 Å². The van der Waals surface area contributed by atoms with Crippen LogP contribution in [0.4, 0.5) is 0 Å². The van der Waals surface area contributed by atoms with E-state index in [2.05, 4.69) is 4.72 Å². The van der Waals surface area contributed by atoms with E-state index in [0.717, 1.165) is 6.42 Å². The van der Waals surface area contributed by atoms with Gasteiger partial charge in [0.2, 0.25) is 10.0 Å². The summed E-state index contributed by atoms with van der Waals surface area (Å²) in [6.45, 7) is 7.58. The molecule has 0 saturated carbocycles. The monoisotopic (exact) mass is 382 g/mol. The summed E-state index contributed by atoms with van der Waals surface area (Å²) < 4.78 is 27.2. The lowest BCUT2D eigenvalue weighted by molar-refractivity contribution is -0.144. The van der Waals surface area contributed by atoms with E-state index in [1.807, 2.05) is 6.92 Å². The average molecular weight is 382 g/mol. The third-order valence-corrected chi connectivity index (χ3v) is 6.04. The Balaban J connectivity index is 2.22. The van der Waals surface area contributed by atoms with Gasteiger partial charge in [0.1, 0.15) is 6.04 Å². The number of carboxylic acids is 1. The second kappa shape index (κ2) is 7.36. The van der Waals surface area contributed by atoms with Gasteiger partial charge in [-0.15, -0.1) is 0 Å². The highest BCUT2D eigenvalue weighted by Crippen LogP contribution is 2.25. The van der Waals surface area contributed by atoms with Gasteiger partial charge < -0.3 is 10.0 Å². The number of piperidine rings is 1. The van der Waals surface area contributed by atoms with Gasteiger partial charge in [0.15, 0.2) is 0 Å².